The molecule has 0 radical (unpaired) electrons. The Hall–Kier alpha value is -2.61. The van der Waals surface area contributed by atoms with E-state index in [-0.39, 0.29) is 18.1 Å². The molecule has 1 amide bonds. The normalized spacial score (nSPS) is 19.7. The van der Waals surface area contributed by atoms with Crippen LogP contribution in [0.3, 0.4) is 0 Å². The van der Waals surface area contributed by atoms with Gasteiger partial charge in [-0.15, -0.1) is 0 Å². The average molecular weight is 366 g/mol. The van der Waals surface area contributed by atoms with Crippen molar-refractivity contribution in [3.63, 3.8) is 0 Å². The molecule has 138 valence electrons. The first-order chi connectivity index (χ1) is 12.3. The van der Waals surface area contributed by atoms with Crippen LogP contribution >= 0.6 is 0 Å². The molecule has 1 aromatic carbocycles. The molecule has 0 fully saturated rings. The molecule has 1 heterocycles. The number of benzene rings is 1. The number of hydrogen-bond donors (Lipinski definition) is 3. The number of H-pyrrole nitrogens is 1. The van der Waals surface area contributed by atoms with E-state index in [1.807, 2.05) is 24.3 Å². The van der Waals surface area contributed by atoms with E-state index in [1.54, 1.807) is 4.98 Å². The fourth-order valence-corrected chi connectivity index (χ4v) is 3.24. The van der Waals surface area contributed by atoms with Gasteiger partial charge < -0.3 is 15.4 Å². The number of pyridine rings is 1. The van der Waals surface area contributed by atoms with E-state index in [0.29, 0.717) is 18.9 Å². The van der Waals surface area contributed by atoms with Crippen LogP contribution in [0.4, 0.5) is 13.2 Å². The summed E-state index contributed by atoms with van der Waals surface area (Å²) in [4.78, 5) is 26.0. The first-order valence-corrected chi connectivity index (χ1v) is 8.09. The van der Waals surface area contributed by atoms with Crippen LogP contribution in [0, 0.1) is 5.92 Å². The highest BCUT2D eigenvalue weighted by atomic mass is 19.4. The number of alkyl halides is 3. The van der Waals surface area contributed by atoms with E-state index in [2.05, 4.69) is 5.32 Å². The maximum Gasteiger partial charge on any atom is 0.431 e. The summed E-state index contributed by atoms with van der Waals surface area (Å²) < 4.78 is 37.9. The number of aromatic amines is 1. The molecule has 0 spiro atoms. The van der Waals surface area contributed by atoms with Crippen molar-refractivity contribution in [1.82, 2.24) is 10.3 Å². The number of nitrogens with one attached hydrogen (secondary N) is 2. The van der Waals surface area contributed by atoms with Crippen LogP contribution in [-0.4, -0.2) is 22.6 Å². The third-order valence-corrected chi connectivity index (χ3v) is 4.53. The maximum atomic E-state index is 12.6. The van der Waals surface area contributed by atoms with Gasteiger partial charge in [0.15, 0.2) is 0 Å². The molecule has 0 aliphatic heterocycles. The highest BCUT2D eigenvalue weighted by Gasteiger charge is 2.33. The minimum absolute atomic E-state index is 0.0401. The molecule has 2 aromatic rings. The minimum Gasteiger partial charge on any atom is -0.396 e. The summed E-state index contributed by atoms with van der Waals surface area (Å²) >= 11 is 0. The lowest BCUT2D eigenvalue weighted by molar-refractivity contribution is -0.141. The van der Waals surface area contributed by atoms with E-state index < -0.39 is 29.4 Å². The quantitative estimate of drug-likeness (QED) is 0.780. The van der Waals surface area contributed by atoms with Gasteiger partial charge in [0.1, 0.15) is 11.3 Å². The van der Waals surface area contributed by atoms with E-state index in [9.17, 15) is 27.9 Å². The van der Waals surface area contributed by atoms with Crippen molar-refractivity contribution in [1.29, 1.82) is 0 Å². The van der Waals surface area contributed by atoms with Gasteiger partial charge in [-0.05, 0) is 42.0 Å². The molecular formula is C18H17F3N2O3. The molecule has 2 unspecified atom stereocenters. The molecule has 0 saturated heterocycles. The number of aliphatic hydroxyl groups excluding tert-OH is 1. The van der Waals surface area contributed by atoms with E-state index in [4.69, 9.17) is 0 Å². The van der Waals surface area contributed by atoms with Crippen LogP contribution in [-0.2, 0) is 12.6 Å². The van der Waals surface area contributed by atoms with Gasteiger partial charge in [0, 0.05) is 6.61 Å². The third-order valence-electron chi connectivity index (χ3n) is 4.53. The van der Waals surface area contributed by atoms with Gasteiger partial charge >= 0.3 is 6.18 Å². The van der Waals surface area contributed by atoms with Crippen LogP contribution < -0.4 is 10.9 Å². The number of rotatable bonds is 3. The van der Waals surface area contributed by atoms with Crippen molar-refractivity contribution in [3.05, 3.63) is 69.1 Å². The zero-order valence-electron chi connectivity index (χ0n) is 13.6. The van der Waals surface area contributed by atoms with E-state index >= 15 is 0 Å². The van der Waals surface area contributed by atoms with Gasteiger partial charge in [-0.1, -0.05) is 24.3 Å². The Morgan fingerprint density at radius 1 is 1.23 bits per heavy atom. The minimum atomic E-state index is -4.69. The number of carbonyl (C=O) groups is 1. The largest absolute Gasteiger partial charge is 0.431 e. The smallest absolute Gasteiger partial charge is 0.396 e. The fourth-order valence-electron chi connectivity index (χ4n) is 3.24. The monoisotopic (exact) mass is 366 g/mol. The van der Waals surface area contributed by atoms with Crippen molar-refractivity contribution in [2.45, 2.75) is 25.1 Å². The lowest BCUT2D eigenvalue weighted by Crippen LogP contribution is -2.37. The van der Waals surface area contributed by atoms with E-state index in [1.165, 1.54) is 0 Å². The zero-order valence-corrected chi connectivity index (χ0v) is 13.6. The zero-order chi connectivity index (χ0) is 18.9. The van der Waals surface area contributed by atoms with Gasteiger partial charge in [0.05, 0.1) is 6.04 Å². The van der Waals surface area contributed by atoms with Crippen LogP contribution in [0.5, 0.6) is 0 Å². The Balaban J connectivity index is 1.85. The number of fused-ring (bicyclic) bond motifs is 1. The van der Waals surface area contributed by atoms with Crippen LogP contribution in [0.1, 0.15) is 39.6 Å². The number of aliphatic hydroxyl groups is 1. The first kappa shape index (κ1) is 18.2. The molecular weight excluding hydrogens is 349 g/mol. The second-order valence-corrected chi connectivity index (χ2v) is 6.33. The van der Waals surface area contributed by atoms with Crippen LogP contribution in [0.2, 0.25) is 0 Å². The molecule has 3 N–H and O–H groups in total. The van der Waals surface area contributed by atoms with Crippen molar-refractivity contribution in [3.8, 4) is 0 Å². The predicted molar refractivity (Wildman–Crippen MR) is 87.6 cm³/mol. The Bertz CT molecular complexity index is 876. The number of hydrogen-bond acceptors (Lipinski definition) is 3. The molecule has 5 nitrogen and oxygen atoms in total. The van der Waals surface area contributed by atoms with Gasteiger partial charge in [0.25, 0.3) is 11.5 Å². The molecule has 0 saturated carbocycles. The predicted octanol–water partition coefficient (Wildman–Crippen LogP) is 2.42. The average Bonchev–Trinajstić information content (AvgIpc) is 2.60. The van der Waals surface area contributed by atoms with Crippen molar-refractivity contribution in [2.75, 3.05) is 6.61 Å². The molecule has 3 rings (SSSR count). The SMILES string of the molecule is O=C(NC1CC(CO)Cc2ccccc21)c1ccc(C(F)(F)F)[nH]c1=O. The third kappa shape index (κ3) is 3.65. The summed E-state index contributed by atoms with van der Waals surface area (Å²) in [7, 11) is 0. The summed E-state index contributed by atoms with van der Waals surface area (Å²) in [6.45, 7) is -0.0401. The number of amides is 1. The standard InChI is InChI=1S/C18H17F3N2O3/c19-18(20,21)15-6-5-13(17(26)23-15)16(25)22-14-8-10(9-24)7-11-3-1-2-4-12(11)14/h1-6,10,14,24H,7-9H2,(H,22,25)(H,23,26). The highest BCUT2D eigenvalue weighted by Crippen LogP contribution is 2.33. The Morgan fingerprint density at radius 2 is 1.96 bits per heavy atom. The van der Waals surface area contributed by atoms with Gasteiger partial charge in [0.2, 0.25) is 0 Å². The van der Waals surface area contributed by atoms with Gasteiger partial charge in [-0.25, -0.2) is 0 Å². The second kappa shape index (κ2) is 6.95. The van der Waals surface area contributed by atoms with Crippen molar-refractivity contribution in [2.24, 2.45) is 5.92 Å². The maximum absolute atomic E-state index is 12.6. The Kier molecular flexibility index (Phi) is 4.86. The molecule has 0 bridgehead atoms. The molecule has 1 aliphatic carbocycles. The molecule has 26 heavy (non-hydrogen) atoms. The lowest BCUT2D eigenvalue weighted by atomic mass is 9.81. The topological polar surface area (TPSA) is 82.2 Å². The summed E-state index contributed by atoms with van der Waals surface area (Å²) in [5, 5.41) is 12.2. The van der Waals surface area contributed by atoms with Crippen LogP contribution in [0.25, 0.3) is 0 Å². The summed E-state index contributed by atoms with van der Waals surface area (Å²) in [5.74, 6) is -0.792. The molecule has 1 aromatic heterocycles. The van der Waals surface area contributed by atoms with E-state index in [0.717, 1.165) is 17.2 Å². The molecule has 1 aliphatic rings. The number of aromatic nitrogens is 1. The highest BCUT2D eigenvalue weighted by molar-refractivity contribution is 5.94. The lowest BCUT2D eigenvalue weighted by Gasteiger charge is -2.31. The first-order valence-electron chi connectivity index (χ1n) is 8.09. The van der Waals surface area contributed by atoms with Crippen LogP contribution in [0.15, 0.2) is 41.2 Å². The van der Waals surface area contributed by atoms with Crippen molar-refractivity contribution < 1.29 is 23.1 Å². The number of carbonyl (C=O) groups excluding carboxylic acids is 1. The van der Waals surface area contributed by atoms with Crippen molar-refractivity contribution >= 4 is 5.91 Å². The fraction of sp³-hybridized carbons (Fsp3) is 0.333. The molecule has 8 heteroatoms. The molecule has 2 atom stereocenters. The Morgan fingerprint density at radius 3 is 2.62 bits per heavy atom. The summed E-state index contributed by atoms with van der Waals surface area (Å²) in [6.07, 6.45) is -3.53. The van der Waals surface area contributed by atoms with Gasteiger partial charge in [-0.3, -0.25) is 9.59 Å². The van der Waals surface area contributed by atoms with Gasteiger partial charge in [-0.2, -0.15) is 13.2 Å². The summed E-state index contributed by atoms with van der Waals surface area (Å²) in [6, 6.07) is 8.55. The summed E-state index contributed by atoms with van der Waals surface area (Å²) in [5.41, 5.74) is -0.817. The number of halogens is 3. The Labute approximate surface area is 146 Å². The second-order valence-electron chi connectivity index (χ2n) is 6.33.